The molecule has 86 valence electrons. The number of carbonyl (C=O) groups excluding carboxylic acids is 1. The van der Waals surface area contributed by atoms with Crippen molar-refractivity contribution in [3.63, 3.8) is 0 Å². The quantitative estimate of drug-likeness (QED) is 0.629. The Bertz CT molecular complexity index is 514. The largest absolute Gasteiger partial charge is 0.339 e. The molecule has 0 spiro atoms. The van der Waals surface area contributed by atoms with Crippen molar-refractivity contribution in [2.75, 3.05) is 0 Å². The number of rotatable bonds is 5. The standard InChI is InChI=1S/C14H14N2O/c1-2-6-12-13(16-14(10-17)15-12)9-11-7-4-3-5-8-11/h2-5,7-8,10H,1,6,9H2,(H,15,16). The number of carbonyl (C=O) groups is 1. The van der Waals surface area contributed by atoms with Crippen LogP contribution < -0.4 is 0 Å². The van der Waals surface area contributed by atoms with Crippen LogP contribution in [0.4, 0.5) is 0 Å². The fraction of sp³-hybridized carbons (Fsp3) is 0.143. The summed E-state index contributed by atoms with van der Waals surface area (Å²) in [7, 11) is 0. The third-order valence-corrected chi connectivity index (χ3v) is 2.56. The zero-order valence-electron chi connectivity index (χ0n) is 9.52. The Morgan fingerprint density at radius 2 is 2.06 bits per heavy atom. The summed E-state index contributed by atoms with van der Waals surface area (Å²) in [4.78, 5) is 18.0. The van der Waals surface area contributed by atoms with Crippen molar-refractivity contribution in [2.45, 2.75) is 12.8 Å². The van der Waals surface area contributed by atoms with Crippen LogP contribution in [-0.2, 0) is 12.8 Å². The molecule has 0 amide bonds. The van der Waals surface area contributed by atoms with Crippen LogP contribution in [-0.4, -0.2) is 16.3 Å². The monoisotopic (exact) mass is 226 g/mol. The lowest BCUT2D eigenvalue weighted by Gasteiger charge is -2.00. The average Bonchev–Trinajstić information content (AvgIpc) is 2.74. The second-order valence-electron chi connectivity index (χ2n) is 3.82. The fourth-order valence-corrected chi connectivity index (χ4v) is 1.78. The van der Waals surface area contributed by atoms with Crippen molar-refractivity contribution in [3.05, 3.63) is 65.8 Å². The maximum absolute atomic E-state index is 10.7. The molecule has 0 saturated carbocycles. The van der Waals surface area contributed by atoms with Crippen LogP contribution in [0.25, 0.3) is 0 Å². The number of imidazole rings is 1. The SMILES string of the molecule is C=CCc1nc(C=O)[nH]c1Cc1ccccc1. The van der Waals surface area contributed by atoms with Crippen molar-refractivity contribution in [1.29, 1.82) is 0 Å². The zero-order valence-corrected chi connectivity index (χ0v) is 9.52. The molecule has 1 aromatic heterocycles. The zero-order chi connectivity index (χ0) is 12.1. The van der Waals surface area contributed by atoms with Gasteiger partial charge in [0, 0.05) is 18.5 Å². The van der Waals surface area contributed by atoms with Gasteiger partial charge < -0.3 is 4.98 Å². The highest BCUT2D eigenvalue weighted by Gasteiger charge is 2.08. The number of aromatic amines is 1. The second-order valence-corrected chi connectivity index (χ2v) is 3.82. The van der Waals surface area contributed by atoms with Gasteiger partial charge in [-0.2, -0.15) is 0 Å². The third kappa shape index (κ3) is 2.69. The van der Waals surface area contributed by atoms with Crippen LogP contribution in [0.1, 0.15) is 27.6 Å². The number of nitrogens with one attached hydrogen (secondary N) is 1. The first-order valence-corrected chi connectivity index (χ1v) is 5.51. The maximum Gasteiger partial charge on any atom is 0.185 e. The second kappa shape index (κ2) is 5.25. The predicted octanol–water partition coefficient (Wildman–Crippen LogP) is 2.54. The number of aldehydes is 1. The molecule has 0 atom stereocenters. The molecule has 0 aliphatic heterocycles. The van der Waals surface area contributed by atoms with Crippen molar-refractivity contribution < 1.29 is 4.79 Å². The number of hydrogen-bond donors (Lipinski definition) is 1. The van der Waals surface area contributed by atoms with Gasteiger partial charge in [-0.15, -0.1) is 6.58 Å². The number of allylic oxidation sites excluding steroid dienone is 1. The summed E-state index contributed by atoms with van der Waals surface area (Å²) in [6, 6.07) is 10.1. The minimum absolute atomic E-state index is 0.382. The lowest BCUT2D eigenvalue weighted by atomic mass is 10.1. The molecule has 0 aliphatic carbocycles. The summed E-state index contributed by atoms with van der Waals surface area (Å²) in [5, 5.41) is 0. The molecular formula is C14H14N2O. The predicted molar refractivity (Wildman–Crippen MR) is 67.1 cm³/mol. The highest BCUT2D eigenvalue weighted by molar-refractivity contribution is 5.69. The molecular weight excluding hydrogens is 212 g/mol. The summed E-state index contributed by atoms with van der Waals surface area (Å²) in [6.45, 7) is 3.70. The molecule has 2 aromatic rings. The smallest absolute Gasteiger partial charge is 0.185 e. The minimum Gasteiger partial charge on any atom is -0.339 e. The van der Waals surface area contributed by atoms with Crippen molar-refractivity contribution in [3.8, 4) is 0 Å². The average molecular weight is 226 g/mol. The first kappa shape index (κ1) is 11.3. The van der Waals surface area contributed by atoms with Crippen molar-refractivity contribution in [1.82, 2.24) is 9.97 Å². The van der Waals surface area contributed by atoms with Crippen molar-refractivity contribution in [2.24, 2.45) is 0 Å². The summed E-state index contributed by atoms with van der Waals surface area (Å²) in [5.41, 5.74) is 3.07. The van der Waals surface area contributed by atoms with Crippen LogP contribution in [0.2, 0.25) is 0 Å². The molecule has 0 unspecified atom stereocenters. The van der Waals surface area contributed by atoms with E-state index in [9.17, 15) is 4.79 Å². The van der Waals surface area contributed by atoms with Gasteiger partial charge in [-0.1, -0.05) is 36.4 Å². The van der Waals surface area contributed by atoms with Gasteiger partial charge in [-0.25, -0.2) is 4.98 Å². The van der Waals surface area contributed by atoms with Crippen molar-refractivity contribution >= 4 is 6.29 Å². The van der Waals surface area contributed by atoms with E-state index in [-0.39, 0.29) is 0 Å². The summed E-state index contributed by atoms with van der Waals surface area (Å²) in [6.07, 6.45) is 3.96. The summed E-state index contributed by atoms with van der Waals surface area (Å²) < 4.78 is 0. The van der Waals surface area contributed by atoms with Gasteiger partial charge in [0.05, 0.1) is 5.69 Å². The van der Waals surface area contributed by atoms with Gasteiger partial charge >= 0.3 is 0 Å². The topological polar surface area (TPSA) is 45.8 Å². The molecule has 0 saturated heterocycles. The molecule has 0 radical (unpaired) electrons. The normalized spacial score (nSPS) is 10.1. The van der Waals surface area contributed by atoms with Gasteiger partial charge in [0.15, 0.2) is 12.1 Å². The van der Waals surface area contributed by atoms with E-state index in [0.717, 1.165) is 24.1 Å². The van der Waals surface area contributed by atoms with E-state index in [2.05, 4.69) is 28.7 Å². The number of aromatic nitrogens is 2. The van der Waals surface area contributed by atoms with Gasteiger partial charge in [0.25, 0.3) is 0 Å². The van der Waals surface area contributed by atoms with Crippen LogP contribution in [0.15, 0.2) is 43.0 Å². The van der Waals surface area contributed by atoms with Gasteiger partial charge in [0.2, 0.25) is 0 Å². The minimum atomic E-state index is 0.382. The molecule has 0 fully saturated rings. The molecule has 0 bridgehead atoms. The van der Waals surface area contributed by atoms with Gasteiger partial charge in [0.1, 0.15) is 0 Å². The van der Waals surface area contributed by atoms with E-state index in [1.807, 2.05) is 18.2 Å². The summed E-state index contributed by atoms with van der Waals surface area (Å²) >= 11 is 0. The Labute approximate surface area is 100 Å². The summed E-state index contributed by atoms with van der Waals surface area (Å²) in [5.74, 6) is 0.382. The lowest BCUT2D eigenvalue weighted by molar-refractivity contribution is 0.111. The van der Waals surface area contributed by atoms with E-state index >= 15 is 0 Å². The molecule has 1 N–H and O–H groups in total. The van der Waals surface area contributed by atoms with Crippen LogP contribution >= 0.6 is 0 Å². The Morgan fingerprint density at radius 3 is 2.71 bits per heavy atom. The Balaban J connectivity index is 2.27. The maximum atomic E-state index is 10.7. The highest BCUT2D eigenvalue weighted by Crippen LogP contribution is 2.12. The molecule has 1 aromatic carbocycles. The third-order valence-electron chi connectivity index (χ3n) is 2.56. The number of H-pyrrole nitrogens is 1. The van der Waals surface area contributed by atoms with Crippen LogP contribution in [0, 0.1) is 0 Å². The van der Waals surface area contributed by atoms with E-state index in [4.69, 9.17) is 0 Å². The lowest BCUT2D eigenvalue weighted by Crippen LogP contribution is -1.93. The Kier molecular flexibility index (Phi) is 3.50. The van der Waals surface area contributed by atoms with E-state index < -0.39 is 0 Å². The molecule has 17 heavy (non-hydrogen) atoms. The first-order valence-electron chi connectivity index (χ1n) is 5.51. The number of hydrogen-bond acceptors (Lipinski definition) is 2. The highest BCUT2D eigenvalue weighted by atomic mass is 16.1. The Hall–Kier alpha value is -2.16. The molecule has 3 nitrogen and oxygen atoms in total. The van der Waals surface area contributed by atoms with Crippen LogP contribution in [0.5, 0.6) is 0 Å². The number of benzene rings is 1. The van der Waals surface area contributed by atoms with E-state index in [0.29, 0.717) is 12.2 Å². The van der Waals surface area contributed by atoms with E-state index in [1.165, 1.54) is 5.56 Å². The Morgan fingerprint density at radius 1 is 1.29 bits per heavy atom. The molecule has 0 aliphatic rings. The van der Waals surface area contributed by atoms with E-state index in [1.54, 1.807) is 6.08 Å². The molecule has 3 heteroatoms. The van der Waals surface area contributed by atoms with Gasteiger partial charge in [-0.3, -0.25) is 4.79 Å². The molecule has 2 rings (SSSR count). The number of nitrogens with zero attached hydrogens (tertiary/aromatic N) is 1. The first-order chi connectivity index (χ1) is 8.33. The fourth-order valence-electron chi connectivity index (χ4n) is 1.78. The molecule has 1 heterocycles. The van der Waals surface area contributed by atoms with Gasteiger partial charge in [-0.05, 0) is 5.56 Å². The van der Waals surface area contributed by atoms with Crippen LogP contribution in [0.3, 0.4) is 0 Å².